The predicted octanol–water partition coefficient (Wildman–Crippen LogP) is 6.70. The Labute approximate surface area is 264 Å². The summed E-state index contributed by atoms with van der Waals surface area (Å²) in [5, 5.41) is 23.1. The Morgan fingerprint density at radius 1 is 1.07 bits per heavy atom. The van der Waals surface area contributed by atoms with E-state index in [0.717, 1.165) is 60.4 Å². The zero-order valence-corrected chi connectivity index (χ0v) is 27.2. The van der Waals surface area contributed by atoms with Crippen molar-refractivity contribution >= 4 is 37.9 Å². The maximum absolute atomic E-state index is 14.2. The lowest BCUT2D eigenvalue weighted by Crippen LogP contribution is -2.26. The molecule has 4 aromatic rings. The molecule has 1 atom stereocenters. The van der Waals surface area contributed by atoms with Gasteiger partial charge in [0, 0.05) is 30.2 Å². The minimum absolute atomic E-state index is 0.265. The van der Waals surface area contributed by atoms with Gasteiger partial charge in [-0.05, 0) is 80.6 Å². The van der Waals surface area contributed by atoms with E-state index in [4.69, 9.17) is 9.51 Å². The maximum Gasteiger partial charge on any atom is 0.270 e. The van der Waals surface area contributed by atoms with Gasteiger partial charge >= 0.3 is 0 Å². The topological polar surface area (TPSA) is 121 Å². The van der Waals surface area contributed by atoms with Crippen LogP contribution in [0.3, 0.4) is 0 Å². The van der Waals surface area contributed by atoms with Crippen molar-refractivity contribution in [3.8, 4) is 0 Å². The Morgan fingerprint density at radius 3 is 2.64 bits per heavy atom. The Hall–Kier alpha value is -3.25. The second-order valence-corrected chi connectivity index (χ2v) is 14.0. The van der Waals surface area contributed by atoms with Crippen LogP contribution in [0.2, 0.25) is 0 Å². The number of aliphatic hydroxyl groups is 1. The number of hydrogen-bond acceptors (Lipinski definition) is 9. The molecule has 44 heavy (non-hydrogen) atoms. The van der Waals surface area contributed by atoms with Crippen molar-refractivity contribution in [2.24, 2.45) is 0 Å². The summed E-state index contributed by atoms with van der Waals surface area (Å²) < 4.78 is 34.9. The molecule has 0 bridgehead atoms. The van der Waals surface area contributed by atoms with E-state index in [0.29, 0.717) is 36.1 Å². The summed E-state index contributed by atoms with van der Waals surface area (Å²) >= 11 is 1.37. The molecule has 1 unspecified atom stereocenters. The van der Waals surface area contributed by atoms with Crippen molar-refractivity contribution < 1.29 is 18.0 Å². The highest BCUT2D eigenvalue weighted by Gasteiger charge is 2.30. The average Bonchev–Trinajstić information content (AvgIpc) is 3.79. The summed E-state index contributed by atoms with van der Waals surface area (Å²) in [6.45, 7) is 5.84. The first-order valence-corrected chi connectivity index (χ1v) is 17.9. The molecule has 0 spiro atoms. The van der Waals surface area contributed by atoms with Crippen LogP contribution in [0.25, 0.3) is 0 Å². The molecule has 0 fully saturated rings. The van der Waals surface area contributed by atoms with E-state index in [9.17, 15) is 13.5 Å². The lowest BCUT2D eigenvalue weighted by molar-refractivity contribution is 0.138. The third kappa shape index (κ3) is 8.06. The van der Waals surface area contributed by atoms with Crippen LogP contribution in [-0.2, 0) is 29.3 Å². The molecule has 2 aromatic heterocycles. The molecule has 0 aliphatic carbocycles. The summed E-state index contributed by atoms with van der Waals surface area (Å²) in [5.41, 5.74) is 5.28. The minimum atomic E-state index is -3.92. The van der Waals surface area contributed by atoms with Gasteiger partial charge in [-0.3, -0.25) is 0 Å². The molecule has 0 saturated carbocycles. The first-order chi connectivity index (χ1) is 21.3. The normalized spacial score (nSPS) is 13.5. The van der Waals surface area contributed by atoms with E-state index < -0.39 is 16.1 Å². The number of aromatic nitrogens is 2. The highest BCUT2D eigenvalue weighted by atomic mass is 32.2. The third-order valence-corrected chi connectivity index (χ3v) is 10.6. The van der Waals surface area contributed by atoms with Gasteiger partial charge < -0.3 is 20.3 Å². The molecule has 1 aliphatic rings. The number of hydrogen-bond donors (Lipinski definition) is 3. The number of aryl methyl sites for hydroxylation is 2. The van der Waals surface area contributed by atoms with Crippen LogP contribution >= 0.6 is 11.3 Å². The van der Waals surface area contributed by atoms with Crippen LogP contribution in [0.5, 0.6) is 0 Å². The second kappa shape index (κ2) is 15.2. The number of nitrogens with one attached hydrogen (secondary N) is 2. The molecule has 3 N–H and O–H groups in total. The van der Waals surface area contributed by atoms with Crippen LogP contribution < -0.4 is 14.9 Å². The van der Waals surface area contributed by atoms with E-state index in [-0.39, 0.29) is 4.90 Å². The number of unbranched alkanes of at least 4 members (excludes halogenated alkanes) is 5. The van der Waals surface area contributed by atoms with Crippen molar-refractivity contribution in [2.45, 2.75) is 82.6 Å². The lowest BCUT2D eigenvalue weighted by Gasteiger charge is -2.22. The fourth-order valence-electron chi connectivity index (χ4n) is 5.40. The molecule has 2 aromatic carbocycles. The fraction of sp³-hybridized carbons (Fsp3) is 0.455. The number of rotatable bonds is 17. The van der Waals surface area contributed by atoms with Gasteiger partial charge in [-0.15, -0.1) is 11.3 Å². The Morgan fingerprint density at radius 2 is 1.86 bits per heavy atom. The number of sulfonamides is 1. The van der Waals surface area contributed by atoms with Crippen molar-refractivity contribution in [3.05, 3.63) is 82.2 Å². The fourth-order valence-corrected chi connectivity index (χ4v) is 7.99. The average molecular weight is 638 g/mol. The molecule has 0 amide bonds. The molecular weight excluding hydrogens is 595 g/mol. The SMILES string of the molecule is CCCCCCCCc1csc(N(c2ccc(CCNCC(O)c3cc(C)no3)cc2)S(=O)(=O)c2ccc3c(c2)CCN3)n1. The van der Waals surface area contributed by atoms with Gasteiger partial charge in [-0.1, -0.05) is 56.3 Å². The number of benzene rings is 2. The quantitative estimate of drug-likeness (QED) is 0.109. The Kier molecular flexibility index (Phi) is 11.1. The number of anilines is 3. The van der Waals surface area contributed by atoms with E-state index >= 15 is 0 Å². The first kappa shape index (κ1) is 32.2. The van der Waals surface area contributed by atoms with E-state index in [1.165, 1.54) is 41.3 Å². The molecule has 3 heterocycles. The zero-order valence-electron chi connectivity index (χ0n) is 25.6. The summed E-state index contributed by atoms with van der Waals surface area (Å²) in [7, 11) is -3.92. The molecule has 11 heteroatoms. The summed E-state index contributed by atoms with van der Waals surface area (Å²) in [5.74, 6) is 0.442. The molecule has 5 rings (SSSR count). The monoisotopic (exact) mass is 637 g/mol. The van der Waals surface area contributed by atoms with Gasteiger partial charge in [0.1, 0.15) is 6.10 Å². The lowest BCUT2D eigenvalue weighted by atomic mass is 10.1. The van der Waals surface area contributed by atoms with Gasteiger partial charge in [0.25, 0.3) is 10.0 Å². The van der Waals surface area contributed by atoms with Gasteiger partial charge in [-0.25, -0.2) is 17.7 Å². The predicted molar refractivity (Wildman–Crippen MR) is 176 cm³/mol. The third-order valence-electron chi connectivity index (χ3n) is 7.90. The van der Waals surface area contributed by atoms with Crippen LogP contribution in [0.4, 0.5) is 16.5 Å². The number of thiazole rings is 1. The standard InChI is InChI=1S/C33H43N5O4S2/c1-3-4-5-6-7-8-9-27-23-43-33(36-27)38(44(40,41)29-14-15-30-26(21-29)17-19-35-30)28-12-10-25(11-13-28)16-18-34-22-31(39)32-20-24(2)37-42-32/h10-15,20-21,23,31,34-35,39H,3-9,16-19,22H2,1-2H3. The number of fused-ring (bicyclic) bond motifs is 1. The highest BCUT2D eigenvalue weighted by molar-refractivity contribution is 7.93. The minimum Gasteiger partial charge on any atom is -0.384 e. The molecule has 0 saturated heterocycles. The molecule has 1 aliphatic heterocycles. The number of aliphatic hydroxyl groups excluding tert-OH is 1. The van der Waals surface area contributed by atoms with Gasteiger partial charge in [0.15, 0.2) is 5.76 Å². The summed E-state index contributed by atoms with van der Waals surface area (Å²) in [4.78, 5) is 5.08. The Balaban J connectivity index is 1.29. The van der Waals surface area contributed by atoms with Crippen molar-refractivity contribution in [2.75, 3.05) is 29.3 Å². The van der Waals surface area contributed by atoms with Gasteiger partial charge in [0.05, 0.1) is 22.0 Å². The summed E-state index contributed by atoms with van der Waals surface area (Å²) in [6.07, 6.45) is 8.79. The van der Waals surface area contributed by atoms with Crippen molar-refractivity contribution in [3.63, 3.8) is 0 Å². The van der Waals surface area contributed by atoms with Gasteiger partial charge in [0.2, 0.25) is 5.13 Å². The maximum atomic E-state index is 14.2. The van der Waals surface area contributed by atoms with Gasteiger partial charge in [-0.2, -0.15) is 0 Å². The first-order valence-electron chi connectivity index (χ1n) is 15.6. The van der Waals surface area contributed by atoms with Crippen LogP contribution in [0, 0.1) is 6.92 Å². The molecular formula is C33H43N5O4S2. The van der Waals surface area contributed by atoms with E-state index in [1.54, 1.807) is 18.2 Å². The molecule has 9 nitrogen and oxygen atoms in total. The molecule has 0 radical (unpaired) electrons. The van der Waals surface area contributed by atoms with Crippen molar-refractivity contribution in [1.29, 1.82) is 0 Å². The zero-order chi connectivity index (χ0) is 30.9. The Bertz CT molecular complexity index is 1600. The largest absolute Gasteiger partial charge is 0.384 e. The summed E-state index contributed by atoms with van der Waals surface area (Å²) in [6, 6.07) is 14.7. The molecule has 236 valence electrons. The smallest absolute Gasteiger partial charge is 0.270 e. The van der Waals surface area contributed by atoms with Crippen molar-refractivity contribution in [1.82, 2.24) is 15.5 Å². The second-order valence-electron chi connectivity index (χ2n) is 11.4. The highest BCUT2D eigenvalue weighted by Crippen LogP contribution is 2.36. The van der Waals surface area contributed by atoms with Crippen LogP contribution in [0.1, 0.15) is 79.8 Å². The van der Waals surface area contributed by atoms with E-state index in [1.807, 2.05) is 42.6 Å². The number of nitrogens with zero attached hydrogens (tertiary/aromatic N) is 3. The van der Waals surface area contributed by atoms with Crippen LogP contribution in [-0.4, -0.2) is 43.3 Å². The van der Waals surface area contributed by atoms with Crippen LogP contribution in [0.15, 0.2) is 63.3 Å². The van der Waals surface area contributed by atoms with E-state index in [2.05, 4.69) is 22.7 Å².